The summed E-state index contributed by atoms with van der Waals surface area (Å²) in [6, 6.07) is -0.663. The van der Waals surface area contributed by atoms with E-state index in [0.29, 0.717) is 18.0 Å². The summed E-state index contributed by atoms with van der Waals surface area (Å²) in [5.74, 6) is -0.859. The lowest BCUT2D eigenvalue weighted by atomic mass is 10.0. The molecular formula is C13H13N3O3S. The molecule has 2 aliphatic carbocycles. The van der Waals surface area contributed by atoms with Crippen LogP contribution in [0, 0.1) is 5.41 Å². The van der Waals surface area contributed by atoms with Crippen LogP contribution in [0.3, 0.4) is 0 Å². The largest absolute Gasteiger partial charge is 0.337 e. The van der Waals surface area contributed by atoms with Crippen LogP contribution in [0.4, 0.5) is 9.93 Å². The molecule has 0 unspecified atom stereocenters. The number of amides is 4. The molecule has 0 radical (unpaired) electrons. The van der Waals surface area contributed by atoms with Crippen molar-refractivity contribution in [2.75, 3.05) is 4.90 Å². The summed E-state index contributed by atoms with van der Waals surface area (Å²) in [5.41, 5.74) is -0.00121. The molecule has 2 fully saturated rings. The second-order valence-electron chi connectivity index (χ2n) is 5.56. The maximum absolute atomic E-state index is 12.5. The van der Waals surface area contributed by atoms with Crippen LogP contribution in [0.5, 0.6) is 0 Å². The highest BCUT2D eigenvalue weighted by Gasteiger charge is 2.63. The summed E-state index contributed by atoms with van der Waals surface area (Å²) < 4.78 is 0. The van der Waals surface area contributed by atoms with Gasteiger partial charge in [0.15, 0.2) is 0 Å². The number of nitrogens with zero attached hydrogens (tertiary/aromatic N) is 2. The second-order valence-corrected chi connectivity index (χ2v) is 6.62. The number of urea groups is 1. The first-order valence-corrected chi connectivity index (χ1v) is 7.62. The Morgan fingerprint density at radius 1 is 1.15 bits per heavy atom. The van der Waals surface area contributed by atoms with Crippen molar-refractivity contribution in [1.82, 2.24) is 10.3 Å². The maximum Gasteiger partial charge on any atom is 0.337 e. The molecule has 0 atom stereocenters. The number of thiazole rings is 1. The van der Waals surface area contributed by atoms with E-state index in [-0.39, 0.29) is 0 Å². The molecule has 6 nitrogen and oxygen atoms in total. The van der Waals surface area contributed by atoms with Gasteiger partial charge in [0.05, 0.1) is 5.69 Å². The lowest BCUT2D eigenvalue weighted by Gasteiger charge is -2.28. The second kappa shape index (κ2) is 3.88. The van der Waals surface area contributed by atoms with E-state index in [1.165, 1.54) is 11.3 Å². The fraction of sp³-hybridized carbons (Fsp3) is 0.538. The summed E-state index contributed by atoms with van der Waals surface area (Å²) in [7, 11) is 0. The van der Waals surface area contributed by atoms with Crippen LogP contribution in [-0.4, -0.2) is 22.8 Å². The Labute approximate surface area is 119 Å². The molecule has 3 aliphatic rings. The Kier molecular flexibility index (Phi) is 2.33. The van der Waals surface area contributed by atoms with E-state index in [0.717, 1.165) is 41.2 Å². The smallest absolute Gasteiger partial charge is 0.276 e. The summed E-state index contributed by atoms with van der Waals surface area (Å²) >= 11 is 1.40. The Morgan fingerprint density at radius 2 is 1.90 bits per heavy atom. The zero-order chi connectivity index (χ0) is 13.9. The Morgan fingerprint density at radius 3 is 2.60 bits per heavy atom. The number of hydrogen-bond donors (Lipinski definition) is 1. The van der Waals surface area contributed by atoms with Gasteiger partial charge in [0.1, 0.15) is 5.41 Å². The van der Waals surface area contributed by atoms with Gasteiger partial charge in [-0.15, -0.1) is 11.3 Å². The molecule has 1 N–H and O–H groups in total. The molecule has 1 saturated heterocycles. The van der Waals surface area contributed by atoms with Gasteiger partial charge in [0.25, 0.3) is 5.91 Å². The Balaban J connectivity index is 1.73. The first-order chi connectivity index (χ1) is 9.62. The van der Waals surface area contributed by atoms with Crippen LogP contribution in [0.1, 0.15) is 36.3 Å². The number of carbonyl (C=O) groups is 3. The zero-order valence-corrected chi connectivity index (χ0v) is 11.6. The molecule has 2 heterocycles. The van der Waals surface area contributed by atoms with Gasteiger partial charge in [0, 0.05) is 4.88 Å². The lowest BCUT2D eigenvalue weighted by molar-refractivity contribution is -0.136. The third kappa shape index (κ3) is 1.49. The van der Waals surface area contributed by atoms with E-state index in [1.54, 1.807) is 0 Å². The van der Waals surface area contributed by atoms with Crippen molar-refractivity contribution in [1.29, 1.82) is 0 Å². The molecular weight excluding hydrogens is 278 g/mol. The molecule has 0 bridgehead atoms. The van der Waals surface area contributed by atoms with E-state index in [2.05, 4.69) is 10.3 Å². The highest BCUT2D eigenvalue weighted by atomic mass is 32.1. The van der Waals surface area contributed by atoms with Crippen LogP contribution >= 0.6 is 11.3 Å². The van der Waals surface area contributed by atoms with E-state index in [9.17, 15) is 14.4 Å². The minimum Gasteiger partial charge on any atom is -0.276 e. The maximum atomic E-state index is 12.5. The molecule has 1 aromatic rings. The molecule has 4 amide bonds. The van der Waals surface area contributed by atoms with Crippen LogP contribution < -0.4 is 10.2 Å². The van der Waals surface area contributed by atoms with Crippen LogP contribution in [-0.2, 0) is 22.4 Å². The molecule has 7 heteroatoms. The minimum absolute atomic E-state index is 0.405. The summed E-state index contributed by atoms with van der Waals surface area (Å²) in [6.45, 7) is 0. The SMILES string of the molecule is O=C1NC(=O)C2(CC2)C(=O)N1c1nc2c(s1)CCCC2. The minimum atomic E-state index is -1.000. The number of aryl methyl sites for hydroxylation is 2. The van der Waals surface area contributed by atoms with Crippen molar-refractivity contribution >= 4 is 34.3 Å². The van der Waals surface area contributed by atoms with E-state index >= 15 is 0 Å². The number of carbonyl (C=O) groups excluding carboxylic acids is 3. The quantitative estimate of drug-likeness (QED) is 0.793. The lowest BCUT2D eigenvalue weighted by Crippen LogP contribution is -2.59. The number of rotatable bonds is 1. The van der Waals surface area contributed by atoms with Gasteiger partial charge >= 0.3 is 6.03 Å². The van der Waals surface area contributed by atoms with Crippen LogP contribution in [0.25, 0.3) is 0 Å². The normalized spacial score (nSPS) is 23.8. The molecule has 104 valence electrons. The van der Waals surface area contributed by atoms with Gasteiger partial charge in [-0.1, -0.05) is 0 Å². The van der Waals surface area contributed by atoms with E-state index in [1.807, 2.05) is 0 Å². The third-order valence-electron chi connectivity index (χ3n) is 4.25. The summed E-state index contributed by atoms with van der Waals surface area (Å²) in [6.07, 6.45) is 5.12. The van der Waals surface area contributed by atoms with Crippen molar-refractivity contribution in [3.8, 4) is 0 Å². The monoisotopic (exact) mass is 291 g/mol. The van der Waals surface area contributed by atoms with Crippen LogP contribution in [0.2, 0.25) is 0 Å². The standard InChI is InChI=1S/C13H13N3O3S/c17-9-13(5-6-13)10(18)16(11(19)15-9)12-14-7-3-1-2-4-8(7)20-12/h1-6H2,(H,15,17,19). The summed E-state index contributed by atoms with van der Waals surface area (Å²) in [5, 5.41) is 2.70. The highest BCUT2D eigenvalue weighted by Crippen LogP contribution is 2.50. The fourth-order valence-electron chi connectivity index (χ4n) is 2.85. The molecule has 1 aliphatic heterocycles. The number of fused-ring (bicyclic) bond motifs is 1. The predicted molar refractivity (Wildman–Crippen MR) is 71.4 cm³/mol. The Hall–Kier alpha value is -1.76. The number of nitrogens with one attached hydrogen (secondary N) is 1. The van der Waals surface area contributed by atoms with Gasteiger partial charge in [-0.2, -0.15) is 0 Å². The van der Waals surface area contributed by atoms with Gasteiger partial charge in [0.2, 0.25) is 11.0 Å². The molecule has 1 saturated carbocycles. The van der Waals surface area contributed by atoms with Gasteiger partial charge < -0.3 is 0 Å². The third-order valence-corrected chi connectivity index (χ3v) is 5.39. The van der Waals surface area contributed by atoms with Crippen molar-refractivity contribution in [3.63, 3.8) is 0 Å². The van der Waals surface area contributed by atoms with Gasteiger partial charge in [-0.25, -0.2) is 14.7 Å². The summed E-state index contributed by atoms with van der Waals surface area (Å²) in [4.78, 5) is 42.9. The highest BCUT2D eigenvalue weighted by molar-refractivity contribution is 7.16. The molecule has 20 heavy (non-hydrogen) atoms. The van der Waals surface area contributed by atoms with E-state index < -0.39 is 23.3 Å². The van der Waals surface area contributed by atoms with Crippen molar-refractivity contribution in [3.05, 3.63) is 10.6 Å². The van der Waals surface area contributed by atoms with Crippen LogP contribution in [0.15, 0.2) is 0 Å². The first kappa shape index (κ1) is 12.0. The molecule has 1 aromatic heterocycles. The average molecular weight is 291 g/mol. The van der Waals surface area contributed by atoms with Crippen molar-refractivity contribution < 1.29 is 14.4 Å². The molecule has 1 spiro atoms. The number of aromatic nitrogens is 1. The fourth-order valence-corrected chi connectivity index (χ4v) is 3.99. The van der Waals surface area contributed by atoms with E-state index in [4.69, 9.17) is 0 Å². The number of hydrogen-bond acceptors (Lipinski definition) is 5. The average Bonchev–Trinajstić information content (AvgIpc) is 3.12. The Bertz CT molecular complexity index is 624. The number of anilines is 1. The van der Waals surface area contributed by atoms with Crippen molar-refractivity contribution in [2.24, 2.45) is 5.41 Å². The number of barbiturate groups is 1. The number of imide groups is 2. The zero-order valence-electron chi connectivity index (χ0n) is 10.8. The topological polar surface area (TPSA) is 79.4 Å². The van der Waals surface area contributed by atoms with Gasteiger partial charge in [-0.05, 0) is 38.5 Å². The first-order valence-electron chi connectivity index (χ1n) is 6.80. The predicted octanol–water partition coefficient (Wildman–Crippen LogP) is 1.38. The van der Waals surface area contributed by atoms with Gasteiger partial charge in [-0.3, -0.25) is 14.9 Å². The molecule has 0 aromatic carbocycles. The van der Waals surface area contributed by atoms with Crippen molar-refractivity contribution in [2.45, 2.75) is 38.5 Å². The molecule has 4 rings (SSSR count).